The standard InChI is InChI=1S/C26H33N3O4/c1-32-23-10-4-20(5-11-23)24(30)28-22-8-6-21(7-9-22)26(12-2-13-26)25(31)27-14-3-15-29-16-18-33-19-17-29/h4-11H,2-3,12-19H2,1H3,(H,27,31)(H,28,30). The zero-order valence-electron chi connectivity index (χ0n) is 19.3. The zero-order valence-corrected chi connectivity index (χ0v) is 19.3. The Bertz CT molecular complexity index is 933. The Morgan fingerprint density at radius 2 is 1.73 bits per heavy atom. The number of ether oxygens (including phenoxy) is 2. The lowest BCUT2D eigenvalue weighted by atomic mass is 9.63. The molecule has 0 unspecified atom stereocenters. The number of benzene rings is 2. The van der Waals surface area contributed by atoms with Gasteiger partial charge in [-0.15, -0.1) is 0 Å². The van der Waals surface area contributed by atoms with Crippen LogP contribution < -0.4 is 15.4 Å². The van der Waals surface area contributed by atoms with Crippen molar-refractivity contribution in [2.45, 2.75) is 31.1 Å². The molecule has 1 saturated carbocycles. The molecular weight excluding hydrogens is 418 g/mol. The molecule has 2 amide bonds. The molecule has 0 bridgehead atoms. The highest BCUT2D eigenvalue weighted by atomic mass is 16.5. The van der Waals surface area contributed by atoms with Crippen LogP contribution in [0.2, 0.25) is 0 Å². The van der Waals surface area contributed by atoms with Gasteiger partial charge in [0, 0.05) is 30.9 Å². The van der Waals surface area contributed by atoms with Crippen LogP contribution >= 0.6 is 0 Å². The maximum Gasteiger partial charge on any atom is 0.255 e. The fourth-order valence-corrected chi connectivity index (χ4v) is 4.49. The molecule has 176 valence electrons. The van der Waals surface area contributed by atoms with Crippen molar-refractivity contribution in [3.8, 4) is 5.75 Å². The minimum absolute atomic E-state index is 0.116. The Hall–Kier alpha value is -2.90. The minimum atomic E-state index is -0.447. The Morgan fingerprint density at radius 3 is 2.33 bits per heavy atom. The molecule has 1 saturated heterocycles. The molecule has 2 fully saturated rings. The number of hydrogen-bond acceptors (Lipinski definition) is 5. The van der Waals surface area contributed by atoms with E-state index < -0.39 is 5.41 Å². The second-order valence-corrected chi connectivity index (χ2v) is 8.76. The monoisotopic (exact) mass is 451 g/mol. The lowest BCUT2D eigenvalue weighted by Crippen LogP contribution is -2.49. The summed E-state index contributed by atoms with van der Waals surface area (Å²) in [7, 11) is 1.59. The molecule has 0 radical (unpaired) electrons. The van der Waals surface area contributed by atoms with Gasteiger partial charge >= 0.3 is 0 Å². The molecule has 1 aliphatic carbocycles. The van der Waals surface area contributed by atoms with Crippen molar-refractivity contribution in [3.05, 3.63) is 59.7 Å². The predicted molar refractivity (Wildman–Crippen MR) is 128 cm³/mol. The van der Waals surface area contributed by atoms with Crippen LogP contribution in [0.4, 0.5) is 5.69 Å². The second-order valence-electron chi connectivity index (χ2n) is 8.76. The van der Waals surface area contributed by atoms with Gasteiger partial charge in [0.15, 0.2) is 0 Å². The highest BCUT2D eigenvalue weighted by Gasteiger charge is 2.45. The van der Waals surface area contributed by atoms with Gasteiger partial charge in [-0.25, -0.2) is 0 Å². The fraction of sp³-hybridized carbons (Fsp3) is 0.462. The number of amides is 2. The maximum atomic E-state index is 13.1. The summed E-state index contributed by atoms with van der Waals surface area (Å²) in [6, 6.07) is 14.7. The first-order valence-corrected chi connectivity index (χ1v) is 11.8. The Labute approximate surface area is 195 Å². The number of nitrogens with one attached hydrogen (secondary N) is 2. The number of anilines is 1. The van der Waals surface area contributed by atoms with Crippen molar-refractivity contribution in [2.75, 3.05) is 51.8 Å². The summed E-state index contributed by atoms with van der Waals surface area (Å²) in [5.74, 6) is 0.647. The molecule has 7 heteroatoms. The van der Waals surface area contributed by atoms with E-state index in [-0.39, 0.29) is 11.8 Å². The van der Waals surface area contributed by atoms with Gasteiger partial charge in [0.1, 0.15) is 5.75 Å². The molecule has 0 atom stereocenters. The van der Waals surface area contributed by atoms with Gasteiger partial charge in [-0.05, 0) is 67.8 Å². The fourth-order valence-electron chi connectivity index (χ4n) is 4.49. The first kappa shape index (κ1) is 23.3. The summed E-state index contributed by atoms with van der Waals surface area (Å²) in [6.07, 6.45) is 3.72. The van der Waals surface area contributed by atoms with E-state index in [1.165, 1.54) is 0 Å². The molecule has 0 aromatic heterocycles. The zero-order chi connectivity index (χ0) is 23.1. The van der Waals surface area contributed by atoms with E-state index in [0.29, 0.717) is 23.5 Å². The van der Waals surface area contributed by atoms with Crippen LogP contribution in [0.1, 0.15) is 41.6 Å². The smallest absolute Gasteiger partial charge is 0.255 e. The Morgan fingerprint density at radius 1 is 1.03 bits per heavy atom. The van der Waals surface area contributed by atoms with Crippen molar-refractivity contribution < 1.29 is 19.1 Å². The molecule has 4 rings (SSSR count). The third kappa shape index (κ3) is 5.54. The van der Waals surface area contributed by atoms with Crippen LogP contribution in [0.3, 0.4) is 0 Å². The van der Waals surface area contributed by atoms with E-state index in [0.717, 1.165) is 64.1 Å². The van der Waals surface area contributed by atoms with E-state index in [1.54, 1.807) is 31.4 Å². The summed E-state index contributed by atoms with van der Waals surface area (Å²) < 4.78 is 10.5. The van der Waals surface area contributed by atoms with Gasteiger partial charge in [0.25, 0.3) is 5.91 Å². The van der Waals surface area contributed by atoms with E-state index in [9.17, 15) is 9.59 Å². The normalized spacial score (nSPS) is 17.6. The third-order valence-corrected chi connectivity index (χ3v) is 6.73. The molecule has 2 aliphatic rings. The molecular formula is C26H33N3O4. The van der Waals surface area contributed by atoms with Crippen LogP contribution in [0, 0.1) is 0 Å². The van der Waals surface area contributed by atoms with E-state index in [2.05, 4.69) is 15.5 Å². The molecule has 1 heterocycles. The summed E-state index contributed by atoms with van der Waals surface area (Å²) in [6.45, 7) is 5.21. The van der Waals surface area contributed by atoms with Crippen molar-refractivity contribution in [1.82, 2.24) is 10.2 Å². The van der Waals surface area contributed by atoms with Crippen LogP contribution in [-0.2, 0) is 14.9 Å². The van der Waals surface area contributed by atoms with Gasteiger partial charge in [0.2, 0.25) is 5.91 Å². The van der Waals surface area contributed by atoms with Crippen molar-refractivity contribution in [2.24, 2.45) is 0 Å². The number of rotatable bonds is 9. The van der Waals surface area contributed by atoms with Crippen LogP contribution in [0.25, 0.3) is 0 Å². The number of carbonyl (C=O) groups excluding carboxylic acids is 2. The number of methoxy groups -OCH3 is 1. The number of morpholine rings is 1. The van der Waals surface area contributed by atoms with Gasteiger partial charge in [-0.1, -0.05) is 18.6 Å². The highest BCUT2D eigenvalue weighted by molar-refractivity contribution is 6.04. The molecule has 7 nitrogen and oxygen atoms in total. The summed E-state index contributed by atoms with van der Waals surface area (Å²) in [5.41, 5.74) is 1.84. The molecule has 2 aromatic rings. The second kappa shape index (κ2) is 10.8. The van der Waals surface area contributed by atoms with E-state index in [4.69, 9.17) is 9.47 Å². The summed E-state index contributed by atoms with van der Waals surface area (Å²) in [4.78, 5) is 28.0. The topological polar surface area (TPSA) is 79.9 Å². The summed E-state index contributed by atoms with van der Waals surface area (Å²) in [5, 5.41) is 6.08. The van der Waals surface area contributed by atoms with Crippen LogP contribution in [0.15, 0.2) is 48.5 Å². The molecule has 1 aliphatic heterocycles. The van der Waals surface area contributed by atoms with E-state index >= 15 is 0 Å². The van der Waals surface area contributed by atoms with Crippen molar-refractivity contribution >= 4 is 17.5 Å². The average Bonchev–Trinajstić information content (AvgIpc) is 2.83. The number of carbonyl (C=O) groups is 2. The summed E-state index contributed by atoms with van der Waals surface area (Å²) >= 11 is 0. The lowest BCUT2D eigenvalue weighted by molar-refractivity contribution is -0.129. The maximum absolute atomic E-state index is 13.1. The lowest BCUT2D eigenvalue weighted by Gasteiger charge is -2.41. The SMILES string of the molecule is COc1ccc(C(=O)Nc2ccc(C3(C(=O)NCCCN4CCOCC4)CCC3)cc2)cc1. The van der Waals surface area contributed by atoms with E-state index in [1.807, 2.05) is 24.3 Å². The minimum Gasteiger partial charge on any atom is -0.497 e. The molecule has 0 spiro atoms. The van der Waals surface area contributed by atoms with Crippen molar-refractivity contribution in [3.63, 3.8) is 0 Å². The first-order valence-electron chi connectivity index (χ1n) is 11.8. The van der Waals surface area contributed by atoms with Crippen LogP contribution in [0.5, 0.6) is 5.75 Å². The molecule has 33 heavy (non-hydrogen) atoms. The highest BCUT2D eigenvalue weighted by Crippen LogP contribution is 2.44. The average molecular weight is 452 g/mol. The third-order valence-electron chi connectivity index (χ3n) is 6.73. The molecule has 2 N–H and O–H groups in total. The van der Waals surface area contributed by atoms with Gasteiger partial charge in [0.05, 0.1) is 25.7 Å². The largest absolute Gasteiger partial charge is 0.497 e. The van der Waals surface area contributed by atoms with Crippen LogP contribution in [-0.4, -0.2) is 63.2 Å². The predicted octanol–water partition coefficient (Wildman–Crippen LogP) is 3.21. The number of hydrogen-bond donors (Lipinski definition) is 2. The van der Waals surface area contributed by atoms with Gasteiger partial charge in [-0.2, -0.15) is 0 Å². The Balaban J connectivity index is 1.31. The number of nitrogens with zero attached hydrogens (tertiary/aromatic N) is 1. The Kier molecular flexibility index (Phi) is 7.62. The van der Waals surface area contributed by atoms with Crippen molar-refractivity contribution in [1.29, 1.82) is 0 Å². The van der Waals surface area contributed by atoms with Gasteiger partial charge < -0.3 is 20.1 Å². The van der Waals surface area contributed by atoms with Gasteiger partial charge in [-0.3, -0.25) is 14.5 Å². The quantitative estimate of drug-likeness (QED) is 0.573. The molecule has 2 aromatic carbocycles. The first-order chi connectivity index (χ1) is 16.1.